The average Bonchev–Trinajstić information content (AvgIpc) is 3.47. The van der Waals surface area contributed by atoms with E-state index in [0.29, 0.717) is 25.0 Å². The van der Waals surface area contributed by atoms with E-state index in [0.717, 1.165) is 62.9 Å². The van der Waals surface area contributed by atoms with E-state index in [4.69, 9.17) is 27.1 Å². The number of benzene rings is 2. The third kappa shape index (κ3) is 32.6. The van der Waals surface area contributed by atoms with Gasteiger partial charge in [0.1, 0.15) is 11.5 Å². The number of unbranched alkanes of at least 4 members (excludes halogenated alkanes) is 32. The summed E-state index contributed by atoms with van der Waals surface area (Å²) in [4.78, 5) is 0. The maximum atomic E-state index is 6.94. The molecule has 4 rings (SSSR count). The first-order chi connectivity index (χ1) is 38.9. The highest BCUT2D eigenvalue weighted by Gasteiger charge is 2.42. The largest absolute Gasteiger partial charge is 0.426 e. The van der Waals surface area contributed by atoms with Crippen LogP contribution in [0.1, 0.15) is 335 Å². The van der Waals surface area contributed by atoms with Crippen LogP contribution >= 0.6 is 17.2 Å². The van der Waals surface area contributed by atoms with Crippen LogP contribution in [0.2, 0.25) is 0 Å². The zero-order chi connectivity index (χ0) is 56.1. The Kier molecular flexibility index (Phi) is 41.8. The Hall–Kier alpha value is -1.26. The summed E-state index contributed by atoms with van der Waals surface area (Å²) in [5.74, 6) is 3.30. The zero-order valence-corrected chi connectivity index (χ0v) is 54.5. The van der Waals surface area contributed by atoms with Gasteiger partial charge in [0.25, 0.3) is 0 Å². The van der Waals surface area contributed by atoms with Gasteiger partial charge in [0.2, 0.25) is 0 Å². The fourth-order valence-electron chi connectivity index (χ4n) is 12.7. The van der Waals surface area contributed by atoms with Crippen LogP contribution in [0.5, 0.6) is 11.5 Å². The van der Waals surface area contributed by atoms with E-state index in [1.54, 1.807) is 0 Å². The van der Waals surface area contributed by atoms with Crippen molar-refractivity contribution >= 4 is 17.2 Å². The maximum absolute atomic E-state index is 6.94. The van der Waals surface area contributed by atoms with E-state index in [-0.39, 0.29) is 17.6 Å². The zero-order valence-electron chi connectivity index (χ0n) is 52.7. The number of hydrogen-bond donors (Lipinski definition) is 0. The molecule has 2 aromatic rings. The molecule has 0 aliphatic heterocycles. The fraction of sp³-hybridized carbons (Fsp3) is 0.831. The highest BCUT2D eigenvalue weighted by Crippen LogP contribution is 2.53. The van der Waals surface area contributed by atoms with Crippen molar-refractivity contribution in [2.24, 2.45) is 17.3 Å². The lowest BCUT2D eigenvalue weighted by molar-refractivity contribution is 0.00598. The Morgan fingerprint density at radius 3 is 0.911 bits per heavy atom. The Bertz CT molecular complexity index is 1550. The van der Waals surface area contributed by atoms with Crippen LogP contribution in [0.3, 0.4) is 0 Å². The van der Waals surface area contributed by atoms with Crippen LogP contribution in [-0.2, 0) is 30.9 Å². The van der Waals surface area contributed by atoms with Crippen LogP contribution in [0.25, 0.3) is 0 Å². The number of para-hydroxylation sites is 2. The molecular formula is C71H126O6P2. The van der Waals surface area contributed by atoms with E-state index in [1.807, 2.05) is 0 Å². The van der Waals surface area contributed by atoms with Gasteiger partial charge in [-0.15, -0.1) is 0 Å². The molecule has 2 fully saturated rings. The molecule has 2 saturated carbocycles. The molecule has 0 bridgehead atoms. The maximum Gasteiger partial charge on any atom is 0.397 e. The molecule has 79 heavy (non-hydrogen) atoms. The summed E-state index contributed by atoms with van der Waals surface area (Å²) in [6.07, 6.45) is 59.3. The molecule has 8 heteroatoms. The molecule has 2 aliphatic rings. The summed E-state index contributed by atoms with van der Waals surface area (Å²) in [5, 5.41) is 0. The predicted octanol–water partition coefficient (Wildman–Crippen LogP) is 25.0. The molecule has 2 aliphatic carbocycles. The van der Waals surface area contributed by atoms with E-state index in [1.165, 1.54) is 255 Å². The van der Waals surface area contributed by atoms with Gasteiger partial charge >= 0.3 is 17.2 Å². The SMILES string of the molecule is CCCCCCCCCCCOP(Oc1ccccc1CCCCCCCCCCC)OC1CCC(C(C)(C)C2CCC(OP(OCCCCCCCCCCC)Oc3ccccc3CCCCCCCCCCC)CC2)CC1. The summed E-state index contributed by atoms with van der Waals surface area (Å²) >= 11 is 0. The first-order valence-electron chi connectivity index (χ1n) is 34.6. The van der Waals surface area contributed by atoms with Gasteiger partial charge in [0, 0.05) is 0 Å². The van der Waals surface area contributed by atoms with Crippen molar-refractivity contribution in [3.63, 3.8) is 0 Å². The predicted molar refractivity (Wildman–Crippen MR) is 344 cm³/mol. The molecule has 0 heterocycles. The van der Waals surface area contributed by atoms with Crippen LogP contribution in [0.4, 0.5) is 0 Å². The Balaban J connectivity index is 1.28. The molecule has 2 atom stereocenters. The smallest absolute Gasteiger partial charge is 0.397 e. The van der Waals surface area contributed by atoms with Crippen molar-refractivity contribution in [1.82, 2.24) is 0 Å². The lowest BCUT2D eigenvalue weighted by Gasteiger charge is -2.46. The molecule has 0 spiro atoms. The van der Waals surface area contributed by atoms with Gasteiger partial charge in [-0.3, -0.25) is 9.05 Å². The van der Waals surface area contributed by atoms with Crippen LogP contribution < -0.4 is 9.05 Å². The van der Waals surface area contributed by atoms with Gasteiger partial charge in [-0.1, -0.05) is 283 Å². The first kappa shape index (κ1) is 70.2. The van der Waals surface area contributed by atoms with Gasteiger partial charge in [-0.2, -0.15) is 0 Å². The van der Waals surface area contributed by atoms with Gasteiger partial charge in [0.15, 0.2) is 0 Å². The van der Waals surface area contributed by atoms with E-state index in [9.17, 15) is 0 Å². The van der Waals surface area contributed by atoms with Crippen molar-refractivity contribution in [3.8, 4) is 11.5 Å². The van der Waals surface area contributed by atoms with Crippen LogP contribution in [0, 0.1) is 17.3 Å². The standard InChI is InChI=1S/C71H126O6P2/c1-7-11-15-19-23-27-31-35-39-47-63-49-41-43-51-69(63)76-78(72-61-45-37-33-29-25-21-17-13-9-3)74-67-57-53-65(54-58-67)71(5,6)66-55-59-68(60-56-66)75-79(73-62-46-38-34-30-26-22-18-14-10-4)77-70-52-44-42-50-64(70)48-40-36-32-28-24-20-16-12-8-2/h41-44,49-52,65-68H,7-40,45-48,53-62H2,1-6H3. The summed E-state index contributed by atoms with van der Waals surface area (Å²) in [6, 6.07) is 17.4. The lowest BCUT2D eigenvalue weighted by Crippen LogP contribution is -2.39. The Morgan fingerprint density at radius 1 is 0.342 bits per heavy atom. The number of rotatable bonds is 52. The fourth-order valence-corrected chi connectivity index (χ4v) is 15.1. The molecule has 0 N–H and O–H groups in total. The van der Waals surface area contributed by atoms with Gasteiger partial charge in [0.05, 0.1) is 25.4 Å². The summed E-state index contributed by atoms with van der Waals surface area (Å²) in [6.45, 7) is 15.8. The molecule has 2 aromatic carbocycles. The number of hydrogen-bond acceptors (Lipinski definition) is 6. The second-order valence-electron chi connectivity index (χ2n) is 25.3. The average molecular weight is 1140 g/mol. The molecule has 6 nitrogen and oxygen atoms in total. The third-order valence-electron chi connectivity index (χ3n) is 18.2. The number of aryl methyl sites for hydroxylation is 2. The summed E-state index contributed by atoms with van der Waals surface area (Å²) in [7, 11) is -2.96. The van der Waals surface area contributed by atoms with E-state index >= 15 is 0 Å². The third-order valence-corrected chi connectivity index (χ3v) is 20.6. The molecule has 2 unspecified atom stereocenters. The summed E-state index contributed by atoms with van der Waals surface area (Å²) in [5.41, 5.74) is 2.86. The first-order valence-corrected chi connectivity index (χ1v) is 36.8. The van der Waals surface area contributed by atoms with Gasteiger partial charge < -0.3 is 18.1 Å². The molecule has 456 valence electrons. The molecule has 0 amide bonds. The van der Waals surface area contributed by atoms with E-state index < -0.39 is 17.2 Å². The monoisotopic (exact) mass is 1140 g/mol. The van der Waals surface area contributed by atoms with Gasteiger partial charge in [-0.25, -0.2) is 0 Å². The van der Waals surface area contributed by atoms with Crippen LogP contribution in [0.15, 0.2) is 48.5 Å². The van der Waals surface area contributed by atoms with Gasteiger partial charge in [-0.05, 0) is 130 Å². The second kappa shape index (κ2) is 47.0. The van der Waals surface area contributed by atoms with Crippen molar-refractivity contribution in [2.75, 3.05) is 13.2 Å². The molecular weight excluding hydrogens is 1010 g/mol. The highest BCUT2D eigenvalue weighted by atomic mass is 31.2. The Labute approximate surface area is 492 Å². The lowest BCUT2D eigenvalue weighted by atomic mass is 9.60. The van der Waals surface area contributed by atoms with Crippen molar-refractivity contribution < 1.29 is 27.1 Å². The topological polar surface area (TPSA) is 55.4 Å². The van der Waals surface area contributed by atoms with Crippen molar-refractivity contribution in [3.05, 3.63) is 59.7 Å². The highest BCUT2D eigenvalue weighted by molar-refractivity contribution is 7.42. The van der Waals surface area contributed by atoms with Crippen molar-refractivity contribution in [2.45, 2.75) is 349 Å². The second-order valence-corrected chi connectivity index (χ2v) is 27.5. The van der Waals surface area contributed by atoms with Crippen molar-refractivity contribution in [1.29, 1.82) is 0 Å². The summed E-state index contributed by atoms with van der Waals surface area (Å²) < 4.78 is 40.7. The molecule has 0 aromatic heterocycles. The minimum atomic E-state index is -1.48. The van der Waals surface area contributed by atoms with E-state index in [2.05, 4.69) is 90.1 Å². The van der Waals surface area contributed by atoms with Crippen LogP contribution in [-0.4, -0.2) is 25.4 Å². The normalized spacial score (nSPS) is 18.7. The minimum Gasteiger partial charge on any atom is -0.426 e. The Morgan fingerprint density at radius 2 is 0.608 bits per heavy atom. The minimum absolute atomic E-state index is 0.180. The molecule has 0 radical (unpaired) electrons. The molecule has 0 saturated heterocycles. The quantitative estimate of drug-likeness (QED) is 0.0486.